The molecule has 0 spiro atoms. The Morgan fingerprint density at radius 3 is 2.53 bits per heavy atom. The summed E-state index contributed by atoms with van der Waals surface area (Å²) >= 11 is 11.7. The van der Waals surface area contributed by atoms with Gasteiger partial charge < -0.3 is 10.1 Å². The maximum Gasteiger partial charge on any atom is 0.349 e. The zero-order valence-corrected chi connectivity index (χ0v) is 18.7. The highest BCUT2D eigenvalue weighted by Crippen LogP contribution is 2.25. The van der Waals surface area contributed by atoms with E-state index in [4.69, 9.17) is 27.9 Å². The highest BCUT2D eigenvalue weighted by molar-refractivity contribution is 6.42. The number of amides is 1. The SMILES string of the molecule is Cc1nn(-c2ccccc2)c(C)c1/C=C(/C#N)C(=O)OCC(=O)Nc1ccc(Cl)c(Cl)c1. The number of rotatable bonds is 6. The molecule has 9 heteroatoms. The van der Waals surface area contributed by atoms with Crippen molar-refractivity contribution in [3.8, 4) is 11.8 Å². The number of para-hydroxylation sites is 1. The Labute approximate surface area is 194 Å². The third-order valence-electron chi connectivity index (χ3n) is 4.51. The Hall–Kier alpha value is -3.60. The van der Waals surface area contributed by atoms with Gasteiger partial charge in [-0.25, -0.2) is 9.48 Å². The Kier molecular flexibility index (Phi) is 7.31. The molecule has 32 heavy (non-hydrogen) atoms. The van der Waals surface area contributed by atoms with Crippen molar-refractivity contribution >= 4 is 46.8 Å². The van der Waals surface area contributed by atoms with E-state index in [9.17, 15) is 14.9 Å². The maximum absolute atomic E-state index is 12.4. The van der Waals surface area contributed by atoms with Crippen LogP contribution in [0, 0.1) is 25.2 Å². The number of halogens is 2. The van der Waals surface area contributed by atoms with Gasteiger partial charge in [0.15, 0.2) is 6.61 Å². The molecule has 0 aliphatic rings. The van der Waals surface area contributed by atoms with Crippen LogP contribution in [0.5, 0.6) is 0 Å². The molecule has 0 atom stereocenters. The molecule has 1 N–H and O–H groups in total. The molecule has 162 valence electrons. The summed E-state index contributed by atoms with van der Waals surface area (Å²) in [6.45, 7) is 3.05. The first-order valence-corrected chi connectivity index (χ1v) is 10.2. The van der Waals surface area contributed by atoms with Gasteiger partial charge in [-0.05, 0) is 50.3 Å². The first kappa shape index (κ1) is 23.1. The van der Waals surface area contributed by atoms with E-state index in [2.05, 4.69) is 10.4 Å². The van der Waals surface area contributed by atoms with E-state index < -0.39 is 18.5 Å². The molecule has 0 saturated heterocycles. The molecule has 1 aromatic heterocycles. The van der Waals surface area contributed by atoms with E-state index in [0.717, 1.165) is 11.4 Å². The van der Waals surface area contributed by atoms with Gasteiger partial charge in [0, 0.05) is 16.9 Å². The third kappa shape index (κ3) is 5.35. The summed E-state index contributed by atoms with van der Waals surface area (Å²) in [6, 6.07) is 15.9. The fraction of sp³-hybridized carbons (Fsp3) is 0.130. The first-order chi connectivity index (χ1) is 15.3. The molecule has 0 radical (unpaired) electrons. The lowest BCUT2D eigenvalue weighted by Crippen LogP contribution is -2.21. The number of ether oxygens (including phenoxy) is 1. The van der Waals surface area contributed by atoms with E-state index in [1.54, 1.807) is 17.7 Å². The molecular weight excluding hydrogens is 451 g/mol. The number of hydrogen-bond donors (Lipinski definition) is 1. The second kappa shape index (κ2) is 10.1. The maximum atomic E-state index is 12.4. The molecule has 1 amide bonds. The standard InChI is InChI=1S/C23H18Cl2N4O3/c1-14-19(15(2)29(28-14)18-6-4-3-5-7-18)10-16(12-26)23(31)32-13-22(30)27-17-8-9-20(24)21(25)11-17/h3-11H,13H2,1-2H3,(H,27,30)/b16-10-. The smallest absolute Gasteiger partial charge is 0.349 e. The minimum atomic E-state index is -0.914. The van der Waals surface area contributed by atoms with Crippen LogP contribution in [0.2, 0.25) is 10.0 Å². The van der Waals surface area contributed by atoms with Crippen molar-refractivity contribution in [2.45, 2.75) is 13.8 Å². The fourth-order valence-electron chi connectivity index (χ4n) is 2.95. The second-order valence-corrected chi connectivity index (χ2v) is 7.57. The van der Waals surface area contributed by atoms with Crippen molar-refractivity contribution < 1.29 is 14.3 Å². The zero-order chi connectivity index (χ0) is 23.3. The van der Waals surface area contributed by atoms with Crippen LogP contribution >= 0.6 is 23.2 Å². The number of nitrogens with one attached hydrogen (secondary N) is 1. The van der Waals surface area contributed by atoms with Gasteiger partial charge in [0.25, 0.3) is 5.91 Å². The predicted octanol–water partition coefficient (Wildman–Crippen LogP) is 4.88. The predicted molar refractivity (Wildman–Crippen MR) is 123 cm³/mol. The molecule has 0 aliphatic heterocycles. The van der Waals surface area contributed by atoms with Gasteiger partial charge in [0.2, 0.25) is 0 Å². The third-order valence-corrected chi connectivity index (χ3v) is 5.25. The Morgan fingerprint density at radius 2 is 1.88 bits per heavy atom. The van der Waals surface area contributed by atoms with Gasteiger partial charge >= 0.3 is 5.97 Å². The molecule has 2 aromatic carbocycles. The summed E-state index contributed by atoms with van der Waals surface area (Å²) in [5.41, 5.74) is 3.04. The summed E-state index contributed by atoms with van der Waals surface area (Å²) in [6.07, 6.45) is 1.41. The van der Waals surface area contributed by atoms with E-state index in [-0.39, 0.29) is 10.6 Å². The van der Waals surface area contributed by atoms with Crippen LogP contribution in [0.4, 0.5) is 5.69 Å². The molecule has 0 fully saturated rings. The van der Waals surface area contributed by atoms with Crippen molar-refractivity contribution in [1.29, 1.82) is 5.26 Å². The number of nitrogens with zero attached hydrogens (tertiary/aromatic N) is 3. The minimum absolute atomic E-state index is 0.244. The van der Waals surface area contributed by atoms with Crippen molar-refractivity contribution in [3.05, 3.63) is 81.1 Å². The highest BCUT2D eigenvalue weighted by Gasteiger charge is 2.17. The quantitative estimate of drug-likeness (QED) is 0.315. The van der Waals surface area contributed by atoms with Crippen molar-refractivity contribution in [2.75, 3.05) is 11.9 Å². The fourth-order valence-corrected chi connectivity index (χ4v) is 3.24. The van der Waals surface area contributed by atoms with Crippen LogP contribution < -0.4 is 5.32 Å². The van der Waals surface area contributed by atoms with Crippen molar-refractivity contribution in [2.24, 2.45) is 0 Å². The van der Waals surface area contributed by atoms with Crippen LogP contribution in [-0.4, -0.2) is 28.3 Å². The van der Waals surface area contributed by atoms with Crippen LogP contribution in [-0.2, 0) is 14.3 Å². The van der Waals surface area contributed by atoms with Crippen LogP contribution in [0.3, 0.4) is 0 Å². The van der Waals surface area contributed by atoms with Gasteiger partial charge in [0.1, 0.15) is 11.6 Å². The summed E-state index contributed by atoms with van der Waals surface area (Å²) in [5.74, 6) is -1.50. The number of carbonyl (C=O) groups is 2. The molecule has 1 heterocycles. The van der Waals surface area contributed by atoms with Crippen molar-refractivity contribution in [1.82, 2.24) is 9.78 Å². The lowest BCUT2D eigenvalue weighted by atomic mass is 10.1. The lowest BCUT2D eigenvalue weighted by molar-refractivity contribution is -0.142. The number of carbonyl (C=O) groups excluding carboxylic acids is 2. The normalized spacial score (nSPS) is 11.0. The average Bonchev–Trinajstić information content (AvgIpc) is 3.06. The number of aryl methyl sites for hydroxylation is 1. The summed E-state index contributed by atoms with van der Waals surface area (Å²) in [7, 11) is 0. The van der Waals surface area contributed by atoms with E-state index in [1.807, 2.05) is 43.3 Å². The number of esters is 1. The number of nitriles is 1. The Balaban J connectivity index is 1.71. The van der Waals surface area contributed by atoms with E-state index in [0.29, 0.717) is 22.0 Å². The lowest BCUT2D eigenvalue weighted by Gasteiger charge is -2.07. The number of anilines is 1. The Bertz CT molecular complexity index is 1240. The molecule has 0 saturated carbocycles. The van der Waals surface area contributed by atoms with E-state index >= 15 is 0 Å². The van der Waals surface area contributed by atoms with Crippen LogP contribution in [0.25, 0.3) is 11.8 Å². The highest BCUT2D eigenvalue weighted by atomic mass is 35.5. The molecule has 0 unspecified atom stereocenters. The number of benzene rings is 2. The largest absolute Gasteiger partial charge is 0.451 e. The minimum Gasteiger partial charge on any atom is -0.451 e. The molecule has 0 aliphatic carbocycles. The van der Waals surface area contributed by atoms with Gasteiger partial charge in [-0.2, -0.15) is 10.4 Å². The first-order valence-electron chi connectivity index (χ1n) is 9.45. The van der Waals surface area contributed by atoms with Gasteiger partial charge in [0.05, 0.1) is 21.4 Å². The second-order valence-electron chi connectivity index (χ2n) is 6.75. The zero-order valence-electron chi connectivity index (χ0n) is 17.2. The molecular formula is C23H18Cl2N4O3. The van der Waals surface area contributed by atoms with Gasteiger partial charge in [-0.3, -0.25) is 4.79 Å². The summed E-state index contributed by atoms with van der Waals surface area (Å²) < 4.78 is 6.73. The average molecular weight is 469 g/mol. The molecule has 0 bridgehead atoms. The number of aromatic nitrogens is 2. The molecule has 7 nitrogen and oxygen atoms in total. The number of hydrogen-bond acceptors (Lipinski definition) is 5. The molecule has 3 aromatic rings. The molecule has 3 rings (SSSR count). The van der Waals surface area contributed by atoms with Crippen molar-refractivity contribution in [3.63, 3.8) is 0 Å². The van der Waals surface area contributed by atoms with Crippen LogP contribution in [0.1, 0.15) is 17.0 Å². The monoisotopic (exact) mass is 468 g/mol. The van der Waals surface area contributed by atoms with E-state index in [1.165, 1.54) is 18.2 Å². The summed E-state index contributed by atoms with van der Waals surface area (Å²) in [5, 5.41) is 17.1. The Morgan fingerprint density at radius 1 is 1.16 bits per heavy atom. The van der Waals surface area contributed by atoms with Gasteiger partial charge in [-0.1, -0.05) is 41.4 Å². The van der Waals surface area contributed by atoms with Crippen LogP contribution in [0.15, 0.2) is 54.1 Å². The van der Waals surface area contributed by atoms with Gasteiger partial charge in [-0.15, -0.1) is 0 Å². The topological polar surface area (TPSA) is 97.0 Å². The summed E-state index contributed by atoms with van der Waals surface area (Å²) in [4.78, 5) is 24.4.